The Bertz CT molecular complexity index is 380. The third kappa shape index (κ3) is 3.19. The van der Waals surface area contributed by atoms with E-state index >= 15 is 0 Å². The van der Waals surface area contributed by atoms with Crippen molar-refractivity contribution in [3.8, 4) is 6.07 Å². The van der Waals surface area contributed by atoms with E-state index in [0.29, 0.717) is 4.88 Å². The second kappa shape index (κ2) is 6.61. The van der Waals surface area contributed by atoms with Gasteiger partial charge >= 0.3 is 0 Å². The Morgan fingerprint density at radius 1 is 1.53 bits per heavy atom. The van der Waals surface area contributed by atoms with E-state index in [9.17, 15) is 0 Å². The number of aromatic nitrogens is 1. The summed E-state index contributed by atoms with van der Waals surface area (Å²) in [5.74, 6) is 1.52. The summed E-state index contributed by atoms with van der Waals surface area (Å²) in [6, 6.07) is 2.14. The highest BCUT2D eigenvalue weighted by molar-refractivity contribution is 7.16. The number of nitriles is 1. The summed E-state index contributed by atoms with van der Waals surface area (Å²) >= 11 is 1.50. The zero-order valence-electron chi connectivity index (χ0n) is 11.1. The van der Waals surface area contributed by atoms with Crippen LogP contribution in [0.1, 0.15) is 39.0 Å². The number of rotatable bonds is 2. The highest BCUT2D eigenvalue weighted by Gasteiger charge is 2.29. The quantitative estimate of drug-likeness (QED) is 0.807. The number of hydrogen-bond donors (Lipinski definition) is 0. The maximum atomic E-state index is 8.75. The second-order valence-electron chi connectivity index (χ2n) is 4.17. The molecule has 0 aliphatic carbocycles. The number of hydrogen-bond acceptors (Lipinski definition) is 4. The van der Waals surface area contributed by atoms with Crippen LogP contribution in [-0.4, -0.2) is 18.1 Å². The zero-order chi connectivity index (χ0) is 12.8. The van der Waals surface area contributed by atoms with Gasteiger partial charge in [-0.1, -0.05) is 45.5 Å². The van der Waals surface area contributed by atoms with E-state index in [1.54, 1.807) is 6.20 Å². The maximum absolute atomic E-state index is 8.75. The lowest BCUT2D eigenvalue weighted by Gasteiger charge is -2.13. The van der Waals surface area contributed by atoms with E-state index in [1.165, 1.54) is 17.8 Å². The molecule has 94 valence electrons. The molecule has 2 heterocycles. The smallest absolute Gasteiger partial charge is 0.186 e. The lowest BCUT2D eigenvalue weighted by molar-refractivity contribution is 0.440. The van der Waals surface area contributed by atoms with Crippen LogP contribution < -0.4 is 4.90 Å². The van der Waals surface area contributed by atoms with Crippen LogP contribution in [0, 0.1) is 23.2 Å². The molecule has 1 fully saturated rings. The molecule has 2 rings (SSSR count). The van der Waals surface area contributed by atoms with Gasteiger partial charge in [0.25, 0.3) is 0 Å². The maximum Gasteiger partial charge on any atom is 0.186 e. The van der Waals surface area contributed by atoms with Gasteiger partial charge in [-0.3, -0.25) is 0 Å². The summed E-state index contributed by atoms with van der Waals surface area (Å²) in [6.07, 6.45) is 2.90. The number of nitrogens with zero attached hydrogens (tertiary/aromatic N) is 3. The van der Waals surface area contributed by atoms with E-state index in [1.807, 2.05) is 13.8 Å². The van der Waals surface area contributed by atoms with Gasteiger partial charge < -0.3 is 4.90 Å². The molecule has 0 spiro atoms. The third-order valence-electron chi connectivity index (χ3n) is 3.17. The molecule has 2 unspecified atom stereocenters. The fourth-order valence-electron chi connectivity index (χ4n) is 2.18. The molecule has 0 aromatic carbocycles. The average molecular weight is 251 g/mol. The molecule has 1 aromatic rings. The monoisotopic (exact) mass is 251 g/mol. The minimum Gasteiger partial charge on any atom is -0.347 e. The lowest BCUT2D eigenvalue weighted by atomic mass is 9.96. The van der Waals surface area contributed by atoms with Crippen molar-refractivity contribution in [1.82, 2.24) is 4.98 Å². The summed E-state index contributed by atoms with van der Waals surface area (Å²) < 4.78 is 0. The minimum atomic E-state index is 0.706. The molecule has 0 amide bonds. The molecule has 1 aliphatic rings. The molecule has 3 nitrogen and oxygen atoms in total. The predicted molar refractivity (Wildman–Crippen MR) is 73.3 cm³/mol. The molecule has 2 atom stereocenters. The first-order valence-electron chi connectivity index (χ1n) is 6.35. The van der Waals surface area contributed by atoms with Gasteiger partial charge in [-0.25, -0.2) is 4.98 Å². The molecule has 1 aliphatic heterocycles. The van der Waals surface area contributed by atoms with Crippen molar-refractivity contribution in [2.24, 2.45) is 11.8 Å². The van der Waals surface area contributed by atoms with E-state index in [-0.39, 0.29) is 0 Å². The predicted octanol–water partition coefficient (Wildman–Crippen LogP) is 3.52. The highest BCUT2D eigenvalue weighted by atomic mass is 32.1. The summed E-state index contributed by atoms with van der Waals surface area (Å²) in [7, 11) is 0. The Labute approximate surface area is 108 Å². The van der Waals surface area contributed by atoms with Crippen LogP contribution >= 0.6 is 11.3 Å². The molecular formula is C13H21N3S. The van der Waals surface area contributed by atoms with E-state index in [0.717, 1.165) is 30.1 Å². The van der Waals surface area contributed by atoms with Gasteiger partial charge in [0.15, 0.2) is 5.13 Å². The van der Waals surface area contributed by atoms with E-state index < -0.39 is 0 Å². The zero-order valence-corrected chi connectivity index (χ0v) is 11.9. The Morgan fingerprint density at radius 3 is 2.71 bits per heavy atom. The lowest BCUT2D eigenvalue weighted by Crippen LogP contribution is -2.19. The van der Waals surface area contributed by atoms with Crippen molar-refractivity contribution in [3.05, 3.63) is 11.1 Å². The first kappa shape index (κ1) is 14.0. The summed E-state index contributed by atoms with van der Waals surface area (Å²) in [5, 5.41) is 9.75. The minimum absolute atomic E-state index is 0.706. The fourth-order valence-corrected chi connectivity index (χ4v) is 2.92. The van der Waals surface area contributed by atoms with Gasteiger partial charge in [0, 0.05) is 13.1 Å². The van der Waals surface area contributed by atoms with Crippen LogP contribution in [0.25, 0.3) is 0 Å². The molecule has 1 aromatic heterocycles. The van der Waals surface area contributed by atoms with E-state index in [2.05, 4.69) is 29.8 Å². The molecule has 0 radical (unpaired) electrons. The van der Waals surface area contributed by atoms with Gasteiger partial charge in [-0.15, -0.1) is 0 Å². The fraction of sp³-hybridized carbons (Fsp3) is 0.692. The first-order valence-corrected chi connectivity index (χ1v) is 7.17. The van der Waals surface area contributed by atoms with Gasteiger partial charge in [-0.05, 0) is 11.8 Å². The molecule has 0 N–H and O–H groups in total. The molecule has 0 saturated carbocycles. The molecular weight excluding hydrogens is 230 g/mol. The topological polar surface area (TPSA) is 39.9 Å². The van der Waals surface area contributed by atoms with Crippen LogP contribution in [0.5, 0.6) is 0 Å². The van der Waals surface area contributed by atoms with Crippen LogP contribution in [0.15, 0.2) is 6.20 Å². The molecule has 1 saturated heterocycles. The van der Waals surface area contributed by atoms with Crippen LogP contribution in [0.3, 0.4) is 0 Å². The third-order valence-corrected chi connectivity index (χ3v) is 4.13. The number of anilines is 1. The van der Waals surface area contributed by atoms with Crippen LogP contribution in [0.2, 0.25) is 0 Å². The van der Waals surface area contributed by atoms with Crippen molar-refractivity contribution >= 4 is 16.5 Å². The van der Waals surface area contributed by atoms with Crippen molar-refractivity contribution in [3.63, 3.8) is 0 Å². The van der Waals surface area contributed by atoms with Crippen molar-refractivity contribution in [2.75, 3.05) is 18.0 Å². The second-order valence-corrected chi connectivity index (χ2v) is 5.18. The van der Waals surface area contributed by atoms with Gasteiger partial charge in [-0.2, -0.15) is 5.26 Å². The average Bonchev–Trinajstić information content (AvgIpc) is 2.97. The molecule has 4 heteroatoms. The Morgan fingerprint density at radius 2 is 2.24 bits per heavy atom. The number of thiazole rings is 1. The van der Waals surface area contributed by atoms with Gasteiger partial charge in [0.2, 0.25) is 0 Å². The molecule has 0 bridgehead atoms. The highest BCUT2D eigenvalue weighted by Crippen LogP contribution is 2.31. The van der Waals surface area contributed by atoms with Crippen molar-refractivity contribution < 1.29 is 0 Å². The normalized spacial score (nSPS) is 22.9. The van der Waals surface area contributed by atoms with E-state index in [4.69, 9.17) is 5.26 Å². The van der Waals surface area contributed by atoms with Gasteiger partial charge in [0.05, 0.1) is 6.20 Å². The Kier molecular flexibility index (Phi) is 5.43. The Hall–Kier alpha value is -1.08. The van der Waals surface area contributed by atoms with Crippen LogP contribution in [-0.2, 0) is 0 Å². The van der Waals surface area contributed by atoms with Gasteiger partial charge in [0.1, 0.15) is 10.9 Å². The molecule has 17 heavy (non-hydrogen) atoms. The summed E-state index contributed by atoms with van der Waals surface area (Å²) in [4.78, 5) is 7.31. The first-order chi connectivity index (χ1) is 8.24. The SMILES string of the molecule is CC.CCC1CN(c2ncc(C#N)s2)CC1C. The van der Waals surface area contributed by atoms with Crippen molar-refractivity contribution in [1.29, 1.82) is 5.26 Å². The summed E-state index contributed by atoms with van der Waals surface area (Å²) in [5.41, 5.74) is 0. The Balaban J connectivity index is 0.000000686. The van der Waals surface area contributed by atoms with Crippen molar-refractivity contribution in [2.45, 2.75) is 34.1 Å². The summed E-state index contributed by atoms with van der Waals surface area (Å²) in [6.45, 7) is 10.7. The van der Waals surface area contributed by atoms with Crippen LogP contribution in [0.4, 0.5) is 5.13 Å². The standard InChI is InChI=1S/C11H15N3S.C2H6/c1-3-9-7-14(6-8(9)2)11-13-5-10(4-12)15-11;1-2/h5,8-9H,3,6-7H2,1-2H3;1-2H3. The largest absolute Gasteiger partial charge is 0.347 e.